The third-order valence-corrected chi connectivity index (χ3v) is 8.48. The van der Waals surface area contributed by atoms with Crippen LogP contribution in [0.1, 0.15) is 69.2 Å². The van der Waals surface area contributed by atoms with Gasteiger partial charge in [0.1, 0.15) is 10.6 Å². The Balaban J connectivity index is 1.67. The molecule has 32 heavy (non-hydrogen) atoms. The molecule has 9 heteroatoms. The lowest BCUT2D eigenvalue weighted by Crippen LogP contribution is -2.42. The molecule has 1 aromatic rings. The van der Waals surface area contributed by atoms with Gasteiger partial charge in [-0.3, -0.25) is 4.79 Å². The van der Waals surface area contributed by atoms with E-state index in [1.165, 1.54) is 29.6 Å². The van der Waals surface area contributed by atoms with Gasteiger partial charge < -0.3 is 14.8 Å². The summed E-state index contributed by atoms with van der Waals surface area (Å²) in [5.41, 5.74) is 0.0633. The number of nitrogens with zero attached hydrogens (tertiary/aromatic N) is 1. The predicted molar refractivity (Wildman–Crippen MR) is 120 cm³/mol. The average Bonchev–Trinajstić information content (AvgIpc) is 2.78. The fraction of sp³-hybridized carbons (Fsp3) is 0.652. The predicted octanol–water partition coefficient (Wildman–Crippen LogP) is 3.11. The second-order valence-corrected chi connectivity index (χ2v) is 10.8. The van der Waals surface area contributed by atoms with E-state index in [1.807, 2.05) is 6.92 Å². The van der Waals surface area contributed by atoms with Crippen molar-refractivity contribution in [1.82, 2.24) is 9.62 Å². The van der Waals surface area contributed by atoms with E-state index in [0.717, 1.165) is 44.9 Å². The van der Waals surface area contributed by atoms with Crippen LogP contribution in [0, 0.1) is 5.92 Å². The van der Waals surface area contributed by atoms with Crippen molar-refractivity contribution in [2.75, 3.05) is 20.3 Å². The average molecular weight is 467 g/mol. The van der Waals surface area contributed by atoms with Gasteiger partial charge in [-0.05, 0) is 69.6 Å². The van der Waals surface area contributed by atoms with Crippen molar-refractivity contribution in [3.05, 3.63) is 23.8 Å². The SMILES string of the molecule is COc1ccc(C(=O)OCC(=O)NC2CCC(C)CC2)cc1S(=O)(=O)N1CCCCC1C. The summed E-state index contributed by atoms with van der Waals surface area (Å²) in [5, 5.41) is 2.91. The molecule has 2 fully saturated rings. The zero-order valence-electron chi connectivity index (χ0n) is 19.1. The number of esters is 1. The number of amides is 1. The first-order valence-corrected chi connectivity index (χ1v) is 12.8. The maximum Gasteiger partial charge on any atom is 0.338 e. The fourth-order valence-electron chi connectivity index (χ4n) is 4.45. The van der Waals surface area contributed by atoms with E-state index >= 15 is 0 Å². The summed E-state index contributed by atoms with van der Waals surface area (Å²) in [6, 6.07) is 4.15. The molecule has 0 bridgehead atoms. The molecule has 178 valence electrons. The third kappa shape index (κ3) is 5.81. The Labute approximate surface area is 190 Å². The lowest BCUT2D eigenvalue weighted by Gasteiger charge is -2.32. The van der Waals surface area contributed by atoms with Crippen LogP contribution >= 0.6 is 0 Å². The van der Waals surface area contributed by atoms with Gasteiger partial charge in [-0.15, -0.1) is 0 Å². The molecule has 1 atom stereocenters. The highest BCUT2D eigenvalue weighted by atomic mass is 32.2. The van der Waals surface area contributed by atoms with Crippen LogP contribution < -0.4 is 10.1 Å². The maximum atomic E-state index is 13.3. The van der Waals surface area contributed by atoms with E-state index in [-0.39, 0.29) is 34.2 Å². The van der Waals surface area contributed by atoms with Crippen molar-refractivity contribution in [2.45, 2.75) is 75.8 Å². The summed E-state index contributed by atoms with van der Waals surface area (Å²) < 4.78 is 38.5. The number of carbonyl (C=O) groups excluding carboxylic acids is 2. The largest absolute Gasteiger partial charge is 0.495 e. The number of hydrogen-bond acceptors (Lipinski definition) is 6. The maximum absolute atomic E-state index is 13.3. The van der Waals surface area contributed by atoms with E-state index in [4.69, 9.17) is 9.47 Å². The van der Waals surface area contributed by atoms with Crippen molar-refractivity contribution in [2.24, 2.45) is 5.92 Å². The Kier molecular flexibility index (Phi) is 8.16. The van der Waals surface area contributed by atoms with Crippen molar-refractivity contribution in [1.29, 1.82) is 0 Å². The first-order valence-electron chi connectivity index (χ1n) is 11.4. The molecule has 1 aliphatic carbocycles. The van der Waals surface area contributed by atoms with E-state index in [0.29, 0.717) is 12.5 Å². The quantitative estimate of drug-likeness (QED) is 0.620. The van der Waals surface area contributed by atoms with Crippen molar-refractivity contribution < 1.29 is 27.5 Å². The zero-order chi connectivity index (χ0) is 23.3. The standard InChI is InChI=1S/C23H34N2O6S/c1-16-7-10-19(11-8-16)24-22(26)15-31-23(27)18-9-12-20(30-3)21(14-18)32(28,29)25-13-5-4-6-17(25)2/h9,12,14,16-17,19H,4-8,10-11,13,15H2,1-3H3,(H,24,26). The van der Waals surface area contributed by atoms with Crippen molar-refractivity contribution in [3.63, 3.8) is 0 Å². The number of sulfonamides is 1. The van der Waals surface area contributed by atoms with Crippen LogP contribution in [0.25, 0.3) is 0 Å². The molecule has 0 aromatic heterocycles. The minimum Gasteiger partial charge on any atom is -0.495 e. The van der Waals surface area contributed by atoms with Gasteiger partial charge in [0.05, 0.1) is 12.7 Å². The zero-order valence-corrected chi connectivity index (χ0v) is 19.9. The highest BCUT2D eigenvalue weighted by molar-refractivity contribution is 7.89. The Bertz CT molecular complexity index is 924. The minimum atomic E-state index is -3.84. The van der Waals surface area contributed by atoms with Crippen molar-refractivity contribution >= 4 is 21.9 Å². The monoisotopic (exact) mass is 466 g/mol. The molecule has 0 radical (unpaired) electrons. The summed E-state index contributed by atoms with van der Waals surface area (Å²) in [6.45, 7) is 4.12. The normalized spacial score (nSPS) is 24.5. The third-order valence-electron chi connectivity index (χ3n) is 6.44. The van der Waals surface area contributed by atoms with Crippen LogP contribution in [-0.4, -0.2) is 56.9 Å². The van der Waals surface area contributed by atoms with Gasteiger partial charge in [0.2, 0.25) is 10.0 Å². The number of nitrogens with one attached hydrogen (secondary N) is 1. The Hall–Kier alpha value is -2.13. The van der Waals surface area contributed by atoms with Crippen molar-refractivity contribution in [3.8, 4) is 5.75 Å². The van der Waals surface area contributed by atoms with Gasteiger partial charge in [-0.1, -0.05) is 13.3 Å². The molecular weight excluding hydrogens is 432 g/mol. The molecule has 1 unspecified atom stereocenters. The molecule has 2 aliphatic rings. The molecule has 1 aromatic carbocycles. The topological polar surface area (TPSA) is 102 Å². The van der Waals surface area contributed by atoms with Gasteiger partial charge in [0, 0.05) is 18.6 Å². The smallest absolute Gasteiger partial charge is 0.338 e. The van der Waals surface area contributed by atoms with Gasteiger partial charge in [0.15, 0.2) is 6.61 Å². The number of hydrogen-bond donors (Lipinski definition) is 1. The van der Waals surface area contributed by atoms with Crippen LogP contribution in [0.2, 0.25) is 0 Å². The van der Waals surface area contributed by atoms with Crippen LogP contribution in [0.3, 0.4) is 0 Å². The number of methoxy groups -OCH3 is 1. The molecule has 8 nitrogen and oxygen atoms in total. The van der Waals surface area contributed by atoms with Gasteiger partial charge >= 0.3 is 5.97 Å². The number of benzene rings is 1. The van der Waals surface area contributed by atoms with Crippen LogP contribution in [0.5, 0.6) is 5.75 Å². The van der Waals surface area contributed by atoms with E-state index < -0.39 is 22.6 Å². The highest BCUT2D eigenvalue weighted by Gasteiger charge is 2.33. The molecule has 1 saturated carbocycles. The molecular formula is C23H34N2O6S. The minimum absolute atomic E-state index is 0.0633. The van der Waals surface area contributed by atoms with Gasteiger partial charge in [-0.2, -0.15) is 4.31 Å². The van der Waals surface area contributed by atoms with Crippen LogP contribution in [0.4, 0.5) is 0 Å². The second kappa shape index (κ2) is 10.7. The molecule has 0 spiro atoms. The highest BCUT2D eigenvalue weighted by Crippen LogP contribution is 2.32. The number of carbonyl (C=O) groups is 2. The summed E-state index contributed by atoms with van der Waals surface area (Å²) >= 11 is 0. The summed E-state index contributed by atoms with van der Waals surface area (Å²) in [6.07, 6.45) is 6.57. The summed E-state index contributed by atoms with van der Waals surface area (Å²) in [4.78, 5) is 24.7. The van der Waals surface area contributed by atoms with Gasteiger partial charge in [-0.25, -0.2) is 13.2 Å². The van der Waals surface area contributed by atoms with E-state index in [2.05, 4.69) is 12.2 Å². The van der Waals surface area contributed by atoms with Gasteiger partial charge in [0.25, 0.3) is 5.91 Å². The van der Waals surface area contributed by atoms with E-state index in [1.54, 1.807) is 0 Å². The number of ether oxygens (including phenoxy) is 2. The Morgan fingerprint density at radius 1 is 1.09 bits per heavy atom. The fourth-order valence-corrected chi connectivity index (χ4v) is 6.33. The Morgan fingerprint density at radius 2 is 1.81 bits per heavy atom. The van der Waals surface area contributed by atoms with E-state index in [9.17, 15) is 18.0 Å². The summed E-state index contributed by atoms with van der Waals surface area (Å²) in [5.74, 6) is -0.248. The van der Waals surface area contributed by atoms with Crippen LogP contribution in [-0.2, 0) is 19.6 Å². The lowest BCUT2D eigenvalue weighted by atomic mass is 9.87. The second-order valence-electron chi connectivity index (χ2n) is 8.93. The lowest BCUT2D eigenvalue weighted by molar-refractivity contribution is -0.125. The molecule has 1 heterocycles. The first kappa shape index (κ1) is 24.5. The number of rotatable bonds is 7. The molecule has 3 rings (SSSR count). The Morgan fingerprint density at radius 3 is 2.47 bits per heavy atom. The molecule has 1 amide bonds. The molecule has 1 saturated heterocycles. The number of piperidine rings is 1. The molecule has 1 N–H and O–H groups in total. The van der Waals surface area contributed by atoms with Crippen LogP contribution in [0.15, 0.2) is 23.1 Å². The summed E-state index contributed by atoms with van der Waals surface area (Å²) in [7, 11) is -2.45. The first-order chi connectivity index (χ1) is 15.2. The molecule has 1 aliphatic heterocycles.